The van der Waals surface area contributed by atoms with Gasteiger partial charge in [0.1, 0.15) is 0 Å². The second kappa shape index (κ2) is 5.11. The molecule has 1 unspecified atom stereocenters. The number of carbonyl (C=O) groups is 1. The minimum atomic E-state index is -0.0811. The van der Waals surface area contributed by atoms with E-state index in [1.54, 1.807) is 11.3 Å². The van der Waals surface area contributed by atoms with Gasteiger partial charge >= 0.3 is 0 Å². The van der Waals surface area contributed by atoms with Gasteiger partial charge < -0.3 is 4.90 Å². The van der Waals surface area contributed by atoms with Crippen molar-refractivity contribution in [2.45, 2.75) is 46.2 Å². The molecule has 1 atom stereocenters. The molecule has 2 saturated heterocycles. The molecule has 2 fully saturated rings. The smallest absolute Gasteiger partial charge is 0.232 e. The number of aromatic nitrogens is 1. The van der Waals surface area contributed by atoms with Gasteiger partial charge in [0.15, 0.2) is 0 Å². The number of carbonyl (C=O) groups excluding carboxylic acids is 1. The number of nitrogens with zero attached hydrogens (tertiary/aromatic N) is 3. The van der Waals surface area contributed by atoms with Crippen molar-refractivity contribution >= 4 is 17.2 Å². The molecule has 1 amide bonds. The Kier molecular flexibility index (Phi) is 3.58. The van der Waals surface area contributed by atoms with Crippen LogP contribution in [0.25, 0.3) is 0 Å². The van der Waals surface area contributed by atoms with Gasteiger partial charge in [0.25, 0.3) is 0 Å². The highest BCUT2D eigenvalue weighted by Gasteiger charge is 2.54. The Morgan fingerprint density at radius 3 is 2.85 bits per heavy atom. The number of rotatable bonds is 3. The predicted molar refractivity (Wildman–Crippen MR) is 80.6 cm³/mol. The SMILES string of the molecule is Cc1ncc(CN2CCCC3(C2)CN(C(C)C)C3=O)s1. The Morgan fingerprint density at radius 2 is 2.25 bits per heavy atom. The van der Waals surface area contributed by atoms with Crippen LogP contribution in [0.3, 0.4) is 0 Å². The highest BCUT2D eigenvalue weighted by Crippen LogP contribution is 2.41. The van der Waals surface area contributed by atoms with Gasteiger partial charge in [-0.2, -0.15) is 0 Å². The zero-order valence-corrected chi connectivity index (χ0v) is 13.4. The summed E-state index contributed by atoms with van der Waals surface area (Å²) < 4.78 is 0. The van der Waals surface area contributed by atoms with E-state index in [9.17, 15) is 4.79 Å². The van der Waals surface area contributed by atoms with Crippen molar-refractivity contribution in [1.82, 2.24) is 14.8 Å². The van der Waals surface area contributed by atoms with E-state index in [-0.39, 0.29) is 5.41 Å². The van der Waals surface area contributed by atoms with E-state index in [0.29, 0.717) is 11.9 Å². The van der Waals surface area contributed by atoms with E-state index < -0.39 is 0 Å². The third-order valence-corrected chi connectivity index (χ3v) is 5.41. The molecule has 5 heteroatoms. The number of hydrogen-bond donors (Lipinski definition) is 0. The molecule has 110 valence electrons. The van der Waals surface area contributed by atoms with Gasteiger partial charge in [-0.15, -0.1) is 11.3 Å². The van der Waals surface area contributed by atoms with Crippen LogP contribution in [-0.4, -0.2) is 46.4 Å². The summed E-state index contributed by atoms with van der Waals surface area (Å²) in [7, 11) is 0. The van der Waals surface area contributed by atoms with Crippen LogP contribution in [0.5, 0.6) is 0 Å². The maximum atomic E-state index is 12.5. The van der Waals surface area contributed by atoms with Gasteiger partial charge in [0, 0.05) is 36.8 Å². The lowest BCUT2D eigenvalue weighted by Gasteiger charge is -2.54. The van der Waals surface area contributed by atoms with E-state index in [1.165, 1.54) is 4.88 Å². The summed E-state index contributed by atoms with van der Waals surface area (Å²) in [6.07, 6.45) is 4.17. The van der Waals surface area contributed by atoms with Crippen molar-refractivity contribution in [3.05, 3.63) is 16.1 Å². The van der Waals surface area contributed by atoms with Crippen LogP contribution >= 0.6 is 11.3 Å². The molecule has 1 aromatic rings. The average Bonchev–Trinajstić information content (AvgIpc) is 2.81. The van der Waals surface area contributed by atoms with Crippen molar-refractivity contribution in [3.8, 4) is 0 Å². The molecule has 0 saturated carbocycles. The molecule has 0 aromatic carbocycles. The first kappa shape index (κ1) is 14.0. The number of aryl methyl sites for hydroxylation is 1. The van der Waals surface area contributed by atoms with E-state index in [4.69, 9.17) is 0 Å². The van der Waals surface area contributed by atoms with Crippen molar-refractivity contribution in [2.75, 3.05) is 19.6 Å². The van der Waals surface area contributed by atoms with Gasteiger partial charge in [-0.1, -0.05) is 0 Å². The van der Waals surface area contributed by atoms with Gasteiger partial charge in [0.2, 0.25) is 5.91 Å². The van der Waals surface area contributed by atoms with Crippen molar-refractivity contribution in [3.63, 3.8) is 0 Å². The summed E-state index contributed by atoms with van der Waals surface area (Å²) in [5.41, 5.74) is -0.0811. The second-order valence-corrected chi connectivity index (χ2v) is 7.79. The number of β-lactam (4-membered cyclic amide) rings is 1. The summed E-state index contributed by atoms with van der Waals surface area (Å²) in [5.74, 6) is 0.373. The zero-order chi connectivity index (χ0) is 14.3. The number of thiazole rings is 1. The first-order valence-corrected chi connectivity index (χ1v) is 8.26. The fourth-order valence-corrected chi connectivity index (χ4v) is 4.30. The largest absolute Gasteiger partial charge is 0.339 e. The van der Waals surface area contributed by atoms with E-state index in [1.807, 2.05) is 18.0 Å². The quantitative estimate of drug-likeness (QED) is 0.802. The summed E-state index contributed by atoms with van der Waals surface area (Å²) in [6.45, 7) is 10.2. The molecule has 2 aliphatic heterocycles. The molecule has 3 rings (SSSR count). The lowest BCUT2D eigenvalue weighted by atomic mass is 9.72. The molecule has 0 bridgehead atoms. The Labute approximate surface area is 124 Å². The maximum Gasteiger partial charge on any atom is 0.232 e. The van der Waals surface area contributed by atoms with Gasteiger partial charge in [0.05, 0.1) is 10.4 Å². The predicted octanol–water partition coefficient (Wildman–Crippen LogP) is 2.28. The van der Waals surface area contributed by atoms with Crippen LogP contribution in [0.15, 0.2) is 6.20 Å². The Balaban J connectivity index is 1.64. The molecule has 2 aliphatic rings. The highest BCUT2D eigenvalue weighted by atomic mass is 32.1. The third-order valence-electron chi connectivity index (χ3n) is 4.52. The van der Waals surface area contributed by atoms with Crippen molar-refractivity contribution in [2.24, 2.45) is 5.41 Å². The zero-order valence-electron chi connectivity index (χ0n) is 12.6. The fourth-order valence-electron chi connectivity index (χ4n) is 3.46. The molecule has 4 nitrogen and oxygen atoms in total. The van der Waals surface area contributed by atoms with Crippen LogP contribution < -0.4 is 0 Å². The lowest BCUT2D eigenvalue weighted by molar-refractivity contribution is -0.169. The lowest BCUT2D eigenvalue weighted by Crippen LogP contribution is -2.68. The van der Waals surface area contributed by atoms with Crippen LogP contribution in [0.2, 0.25) is 0 Å². The van der Waals surface area contributed by atoms with Crippen LogP contribution in [0, 0.1) is 12.3 Å². The molecule has 1 aromatic heterocycles. The average molecular weight is 293 g/mol. The molecule has 0 radical (unpaired) electrons. The molecule has 20 heavy (non-hydrogen) atoms. The normalized spacial score (nSPS) is 27.4. The number of hydrogen-bond acceptors (Lipinski definition) is 4. The second-order valence-electron chi connectivity index (χ2n) is 6.47. The summed E-state index contributed by atoms with van der Waals surface area (Å²) in [6, 6.07) is 0.340. The molecule has 1 spiro atoms. The van der Waals surface area contributed by atoms with Crippen molar-refractivity contribution < 1.29 is 4.79 Å². The van der Waals surface area contributed by atoms with Gasteiger partial charge in [-0.25, -0.2) is 4.98 Å². The summed E-state index contributed by atoms with van der Waals surface area (Å²) >= 11 is 1.77. The molecular weight excluding hydrogens is 270 g/mol. The first-order chi connectivity index (χ1) is 9.50. The van der Waals surface area contributed by atoms with Crippen LogP contribution in [-0.2, 0) is 11.3 Å². The van der Waals surface area contributed by atoms with Crippen LogP contribution in [0.1, 0.15) is 36.6 Å². The van der Waals surface area contributed by atoms with E-state index in [0.717, 1.165) is 44.0 Å². The van der Waals surface area contributed by atoms with E-state index >= 15 is 0 Å². The Bertz CT molecular complexity index is 513. The minimum Gasteiger partial charge on any atom is -0.339 e. The van der Waals surface area contributed by atoms with Crippen LogP contribution in [0.4, 0.5) is 0 Å². The monoisotopic (exact) mass is 293 g/mol. The standard InChI is InChI=1S/C15H23N3OS/c1-11(2)18-10-15(14(18)19)5-4-6-17(9-15)8-13-7-16-12(3)20-13/h7,11H,4-6,8-10H2,1-3H3. The summed E-state index contributed by atoms with van der Waals surface area (Å²) in [4.78, 5) is 22.6. The highest BCUT2D eigenvalue weighted by molar-refractivity contribution is 7.11. The molecule has 3 heterocycles. The Hall–Kier alpha value is -0.940. The maximum absolute atomic E-state index is 12.5. The van der Waals surface area contributed by atoms with Gasteiger partial charge in [-0.3, -0.25) is 9.69 Å². The number of amides is 1. The molecular formula is C15H23N3OS. The fraction of sp³-hybridized carbons (Fsp3) is 0.733. The Morgan fingerprint density at radius 1 is 1.45 bits per heavy atom. The van der Waals surface area contributed by atoms with Crippen molar-refractivity contribution in [1.29, 1.82) is 0 Å². The van der Waals surface area contributed by atoms with Gasteiger partial charge in [-0.05, 0) is 40.2 Å². The topological polar surface area (TPSA) is 36.4 Å². The number of likely N-dealkylation sites (tertiary alicyclic amines) is 2. The minimum absolute atomic E-state index is 0.0811. The number of piperidine rings is 1. The third kappa shape index (κ3) is 2.37. The van der Waals surface area contributed by atoms with E-state index in [2.05, 4.69) is 23.7 Å². The molecule has 0 aliphatic carbocycles. The summed E-state index contributed by atoms with van der Waals surface area (Å²) in [5, 5.41) is 1.12. The first-order valence-electron chi connectivity index (χ1n) is 7.45. The molecule has 0 N–H and O–H groups in total.